The Bertz CT molecular complexity index is 110. The third-order valence-electron chi connectivity index (χ3n) is 1.05. The first-order chi connectivity index (χ1) is 4.48. The Kier molecular flexibility index (Phi) is 4.07. The first-order valence-corrected chi connectivity index (χ1v) is 4.40. The van der Waals surface area contributed by atoms with E-state index >= 15 is 0 Å². The van der Waals surface area contributed by atoms with E-state index in [2.05, 4.69) is 0 Å². The fourth-order valence-corrected chi connectivity index (χ4v) is 0.547. The molecule has 0 saturated heterocycles. The van der Waals surface area contributed by atoms with Crippen LogP contribution < -0.4 is 0 Å². The van der Waals surface area contributed by atoms with Crippen LogP contribution >= 0.6 is 8.46 Å². The van der Waals surface area contributed by atoms with Gasteiger partial charge in [-0.3, -0.25) is 0 Å². The standard InChI is InChI=1S/C7H15O2P/c1-6(2)9-5-7(3,4)10-8/h6H,5H2,1-4H3/p+1. The highest BCUT2D eigenvalue weighted by Gasteiger charge is 2.26. The second-order valence-electron chi connectivity index (χ2n) is 3.35. The number of hydrogen-bond acceptors (Lipinski definition) is 2. The monoisotopic (exact) mass is 163 g/mol. The van der Waals surface area contributed by atoms with E-state index in [1.54, 1.807) is 0 Å². The van der Waals surface area contributed by atoms with Gasteiger partial charge in [0.15, 0.2) is 5.16 Å². The van der Waals surface area contributed by atoms with Crippen LogP contribution in [0.4, 0.5) is 0 Å². The summed E-state index contributed by atoms with van der Waals surface area (Å²) in [6.45, 7) is 8.39. The van der Waals surface area contributed by atoms with Crippen molar-refractivity contribution >= 4 is 8.46 Å². The molecule has 0 amide bonds. The minimum Gasteiger partial charge on any atom is -0.374 e. The molecule has 0 aliphatic heterocycles. The fraction of sp³-hybridized carbons (Fsp3) is 1.00. The van der Waals surface area contributed by atoms with Crippen LogP contribution in [-0.2, 0) is 9.30 Å². The molecule has 0 radical (unpaired) electrons. The van der Waals surface area contributed by atoms with Crippen LogP contribution in [0.1, 0.15) is 27.7 Å². The van der Waals surface area contributed by atoms with Crippen molar-refractivity contribution in [2.45, 2.75) is 39.0 Å². The van der Waals surface area contributed by atoms with Crippen molar-refractivity contribution in [2.75, 3.05) is 6.61 Å². The van der Waals surface area contributed by atoms with E-state index in [1.165, 1.54) is 0 Å². The molecule has 3 heteroatoms. The van der Waals surface area contributed by atoms with Crippen molar-refractivity contribution in [1.29, 1.82) is 0 Å². The van der Waals surface area contributed by atoms with E-state index in [9.17, 15) is 4.57 Å². The lowest BCUT2D eigenvalue weighted by molar-refractivity contribution is 0.0661. The molecule has 0 aromatic carbocycles. The Hall–Kier alpha value is 0.0600. The zero-order chi connectivity index (χ0) is 8.20. The Morgan fingerprint density at radius 3 is 2.30 bits per heavy atom. The average Bonchev–Trinajstić information content (AvgIpc) is 1.85. The molecule has 1 atom stereocenters. The van der Waals surface area contributed by atoms with Gasteiger partial charge in [-0.05, 0) is 27.7 Å². The van der Waals surface area contributed by atoms with Crippen LogP contribution in [-0.4, -0.2) is 17.9 Å². The van der Waals surface area contributed by atoms with Gasteiger partial charge in [-0.25, -0.2) is 0 Å². The maximum Gasteiger partial charge on any atom is 0.332 e. The lowest BCUT2D eigenvalue weighted by atomic mass is 10.2. The van der Waals surface area contributed by atoms with Crippen LogP contribution in [0.2, 0.25) is 0 Å². The summed E-state index contributed by atoms with van der Waals surface area (Å²) < 4.78 is 15.8. The van der Waals surface area contributed by atoms with Crippen LogP contribution in [0, 0.1) is 0 Å². The van der Waals surface area contributed by atoms with Crippen LogP contribution in [0.5, 0.6) is 0 Å². The van der Waals surface area contributed by atoms with E-state index in [4.69, 9.17) is 4.74 Å². The Morgan fingerprint density at radius 2 is 2.00 bits per heavy atom. The molecule has 10 heavy (non-hydrogen) atoms. The SMILES string of the molecule is CC(C)OCC(C)(C)[PH+]=O. The van der Waals surface area contributed by atoms with Crippen LogP contribution in [0.3, 0.4) is 0 Å². The zero-order valence-electron chi connectivity index (χ0n) is 7.10. The molecule has 0 rings (SSSR count). The molecule has 0 bridgehead atoms. The predicted molar refractivity (Wildman–Crippen MR) is 44.2 cm³/mol. The highest BCUT2D eigenvalue weighted by atomic mass is 31.1. The number of hydrogen-bond donors (Lipinski definition) is 0. The van der Waals surface area contributed by atoms with Gasteiger partial charge >= 0.3 is 8.46 Å². The lowest BCUT2D eigenvalue weighted by Crippen LogP contribution is -2.21. The van der Waals surface area contributed by atoms with Crippen LogP contribution in [0.25, 0.3) is 0 Å². The summed E-state index contributed by atoms with van der Waals surface area (Å²) in [6.07, 6.45) is 0.232. The molecule has 60 valence electrons. The molecule has 0 aliphatic carbocycles. The molecule has 0 heterocycles. The maximum atomic E-state index is 10.5. The highest BCUT2D eigenvalue weighted by molar-refractivity contribution is 7.25. The molecule has 0 aromatic heterocycles. The summed E-state index contributed by atoms with van der Waals surface area (Å²) in [4.78, 5) is 0. The summed E-state index contributed by atoms with van der Waals surface area (Å²) >= 11 is 0. The topological polar surface area (TPSA) is 26.3 Å². The quantitative estimate of drug-likeness (QED) is 0.594. The van der Waals surface area contributed by atoms with Gasteiger partial charge in [0, 0.05) is 0 Å². The van der Waals surface area contributed by atoms with Gasteiger partial charge in [0.05, 0.1) is 12.7 Å². The van der Waals surface area contributed by atoms with E-state index in [0.717, 1.165) is 0 Å². The predicted octanol–water partition coefficient (Wildman–Crippen LogP) is 2.21. The second kappa shape index (κ2) is 4.05. The van der Waals surface area contributed by atoms with Crippen molar-refractivity contribution in [1.82, 2.24) is 0 Å². The molecule has 0 spiro atoms. The van der Waals surface area contributed by atoms with Gasteiger partial charge in [0.25, 0.3) is 0 Å². The largest absolute Gasteiger partial charge is 0.374 e. The van der Waals surface area contributed by atoms with Gasteiger partial charge in [-0.1, -0.05) is 4.57 Å². The minimum absolute atomic E-state index is 0.176. The first kappa shape index (κ1) is 10.1. The van der Waals surface area contributed by atoms with Crippen molar-refractivity contribution in [3.8, 4) is 0 Å². The Morgan fingerprint density at radius 1 is 1.50 bits per heavy atom. The number of rotatable bonds is 4. The Labute approximate surface area is 64.2 Å². The van der Waals surface area contributed by atoms with Crippen molar-refractivity contribution in [3.63, 3.8) is 0 Å². The van der Waals surface area contributed by atoms with Gasteiger partial charge in [0.2, 0.25) is 0 Å². The molecular formula is C7H16O2P+. The fourth-order valence-electron chi connectivity index (χ4n) is 0.404. The molecule has 0 fully saturated rings. The lowest BCUT2D eigenvalue weighted by Gasteiger charge is -2.12. The molecule has 0 aliphatic rings. The summed E-state index contributed by atoms with van der Waals surface area (Å²) in [5.74, 6) is 0. The van der Waals surface area contributed by atoms with Gasteiger partial charge in [0.1, 0.15) is 0 Å². The summed E-state index contributed by atoms with van der Waals surface area (Å²) in [5, 5.41) is -0.176. The van der Waals surface area contributed by atoms with E-state index in [-0.39, 0.29) is 19.7 Å². The third kappa shape index (κ3) is 4.89. The summed E-state index contributed by atoms with van der Waals surface area (Å²) in [5.41, 5.74) is 0. The Balaban J connectivity index is 3.56. The highest BCUT2D eigenvalue weighted by Crippen LogP contribution is 2.21. The van der Waals surface area contributed by atoms with Crippen LogP contribution in [0.15, 0.2) is 0 Å². The molecule has 0 N–H and O–H groups in total. The summed E-state index contributed by atoms with van der Waals surface area (Å²) in [7, 11) is -0.291. The van der Waals surface area contributed by atoms with E-state index in [0.29, 0.717) is 6.61 Å². The van der Waals surface area contributed by atoms with E-state index < -0.39 is 0 Å². The molecule has 2 nitrogen and oxygen atoms in total. The smallest absolute Gasteiger partial charge is 0.332 e. The maximum absolute atomic E-state index is 10.5. The minimum atomic E-state index is -0.291. The first-order valence-electron chi connectivity index (χ1n) is 3.49. The van der Waals surface area contributed by atoms with Gasteiger partial charge in [-0.15, -0.1) is 0 Å². The molecule has 1 unspecified atom stereocenters. The van der Waals surface area contributed by atoms with E-state index in [1.807, 2.05) is 27.7 Å². The van der Waals surface area contributed by atoms with Gasteiger partial charge in [-0.2, -0.15) is 0 Å². The van der Waals surface area contributed by atoms with Crippen molar-refractivity contribution < 1.29 is 9.30 Å². The zero-order valence-corrected chi connectivity index (χ0v) is 8.10. The second-order valence-corrected chi connectivity index (χ2v) is 4.90. The molecule has 0 aromatic rings. The van der Waals surface area contributed by atoms with Crippen molar-refractivity contribution in [3.05, 3.63) is 0 Å². The summed E-state index contributed by atoms with van der Waals surface area (Å²) in [6, 6.07) is 0. The molecular weight excluding hydrogens is 147 g/mol. The average molecular weight is 163 g/mol. The normalized spacial score (nSPS) is 12.9. The molecule has 0 saturated carbocycles. The van der Waals surface area contributed by atoms with Crippen molar-refractivity contribution in [2.24, 2.45) is 0 Å². The number of ether oxygens (including phenoxy) is 1. The third-order valence-corrected chi connectivity index (χ3v) is 1.75. The van der Waals surface area contributed by atoms with Gasteiger partial charge < -0.3 is 4.74 Å².